The molecule has 86 valence electrons. The summed E-state index contributed by atoms with van der Waals surface area (Å²) in [4.78, 5) is 11.7. The standard InChI is InChI=1S/C11H18O4/c1-4-14-9(13)7-5-10(2)6-8(12)11(7,3)15-10/h7-8,12H,4-6H2,1-3H3/t7?,8-,10-,11+/m0/s1. The van der Waals surface area contributed by atoms with Gasteiger partial charge in [-0.3, -0.25) is 4.79 Å². The Morgan fingerprint density at radius 3 is 2.67 bits per heavy atom. The Kier molecular flexibility index (Phi) is 2.32. The van der Waals surface area contributed by atoms with Crippen molar-refractivity contribution in [2.75, 3.05) is 6.61 Å². The highest BCUT2D eigenvalue weighted by atomic mass is 16.6. The number of rotatable bonds is 2. The summed E-state index contributed by atoms with van der Waals surface area (Å²) in [7, 11) is 0. The maximum Gasteiger partial charge on any atom is 0.312 e. The van der Waals surface area contributed by atoms with Crippen LogP contribution in [0.15, 0.2) is 0 Å². The van der Waals surface area contributed by atoms with E-state index in [-0.39, 0.29) is 17.5 Å². The Morgan fingerprint density at radius 2 is 2.20 bits per heavy atom. The molecule has 15 heavy (non-hydrogen) atoms. The zero-order valence-corrected chi connectivity index (χ0v) is 9.45. The van der Waals surface area contributed by atoms with Gasteiger partial charge in [-0.05, 0) is 27.2 Å². The second-order valence-corrected chi connectivity index (χ2v) is 4.96. The summed E-state index contributed by atoms with van der Waals surface area (Å²) in [6.07, 6.45) is 0.698. The molecule has 0 aromatic carbocycles. The molecule has 0 aromatic heterocycles. The number of esters is 1. The number of hydrogen-bond acceptors (Lipinski definition) is 4. The van der Waals surface area contributed by atoms with Gasteiger partial charge in [0.2, 0.25) is 0 Å². The lowest BCUT2D eigenvalue weighted by Crippen LogP contribution is -2.46. The van der Waals surface area contributed by atoms with Crippen LogP contribution in [0.2, 0.25) is 0 Å². The van der Waals surface area contributed by atoms with E-state index in [1.165, 1.54) is 0 Å². The second-order valence-electron chi connectivity index (χ2n) is 4.96. The molecule has 0 radical (unpaired) electrons. The van der Waals surface area contributed by atoms with Crippen LogP contribution >= 0.6 is 0 Å². The van der Waals surface area contributed by atoms with E-state index >= 15 is 0 Å². The molecule has 2 bridgehead atoms. The molecular formula is C11H18O4. The summed E-state index contributed by atoms with van der Waals surface area (Å²) in [5.74, 6) is -0.575. The summed E-state index contributed by atoms with van der Waals surface area (Å²) in [6.45, 7) is 5.91. The monoisotopic (exact) mass is 214 g/mol. The molecule has 1 N–H and O–H groups in total. The lowest BCUT2D eigenvalue weighted by atomic mass is 9.73. The van der Waals surface area contributed by atoms with Gasteiger partial charge in [-0.15, -0.1) is 0 Å². The van der Waals surface area contributed by atoms with Gasteiger partial charge in [0.05, 0.1) is 24.2 Å². The highest BCUT2D eigenvalue weighted by Gasteiger charge is 2.64. The summed E-state index contributed by atoms with van der Waals surface area (Å²) >= 11 is 0. The van der Waals surface area contributed by atoms with Crippen LogP contribution < -0.4 is 0 Å². The summed E-state index contributed by atoms with van der Waals surface area (Å²) in [5.41, 5.74) is -1.10. The van der Waals surface area contributed by atoms with Crippen molar-refractivity contribution in [3.8, 4) is 0 Å². The minimum Gasteiger partial charge on any atom is -0.466 e. The minimum atomic E-state index is -0.749. The van der Waals surface area contributed by atoms with Crippen molar-refractivity contribution in [3.05, 3.63) is 0 Å². The van der Waals surface area contributed by atoms with E-state index in [1.807, 2.05) is 6.92 Å². The van der Waals surface area contributed by atoms with Crippen molar-refractivity contribution >= 4 is 5.97 Å². The highest BCUT2D eigenvalue weighted by Crippen LogP contribution is 2.54. The lowest BCUT2D eigenvalue weighted by molar-refractivity contribution is -0.157. The molecule has 4 nitrogen and oxygen atoms in total. The van der Waals surface area contributed by atoms with Crippen LogP contribution in [0.4, 0.5) is 0 Å². The molecule has 0 aromatic rings. The number of carbonyl (C=O) groups excluding carboxylic acids is 1. The highest BCUT2D eigenvalue weighted by molar-refractivity contribution is 5.75. The van der Waals surface area contributed by atoms with Crippen LogP contribution in [0.5, 0.6) is 0 Å². The average molecular weight is 214 g/mol. The van der Waals surface area contributed by atoms with Gasteiger partial charge in [-0.25, -0.2) is 0 Å². The second kappa shape index (κ2) is 3.19. The molecular weight excluding hydrogens is 196 g/mol. The van der Waals surface area contributed by atoms with Crippen molar-refractivity contribution in [1.29, 1.82) is 0 Å². The van der Waals surface area contributed by atoms with Crippen molar-refractivity contribution in [3.63, 3.8) is 0 Å². The van der Waals surface area contributed by atoms with E-state index in [2.05, 4.69) is 0 Å². The van der Waals surface area contributed by atoms with Gasteiger partial charge in [0.1, 0.15) is 5.60 Å². The number of ether oxygens (including phenoxy) is 2. The van der Waals surface area contributed by atoms with Crippen LogP contribution in [0.25, 0.3) is 0 Å². The Morgan fingerprint density at radius 1 is 1.53 bits per heavy atom. The van der Waals surface area contributed by atoms with Crippen LogP contribution in [0.1, 0.15) is 33.6 Å². The van der Waals surface area contributed by atoms with Gasteiger partial charge < -0.3 is 14.6 Å². The van der Waals surface area contributed by atoms with E-state index in [0.717, 1.165) is 0 Å². The fourth-order valence-corrected chi connectivity index (χ4v) is 2.88. The number of aliphatic hydroxyl groups is 1. The van der Waals surface area contributed by atoms with Crippen molar-refractivity contribution < 1.29 is 19.4 Å². The molecule has 0 saturated carbocycles. The zero-order valence-electron chi connectivity index (χ0n) is 9.45. The number of fused-ring (bicyclic) bond motifs is 2. The average Bonchev–Trinajstić information content (AvgIpc) is 2.50. The third-order valence-electron chi connectivity index (χ3n) is 3.65. The van der Waals surface area contributed by atoms with Gasteiger partial charge in [0.25, 0.3) is 0 Å². The summed E-state index contributed by atoms with van der Waals surface area (Å²) < 4.78 is 10.8. The quantitative estimate of drug-likeness (QED) is 0.693. The molecule has 4 atom stereocenters. The molecule has 2 fully saturated rings. The summed E-state index contributed by atoms with van der Waals surface area (Å²) in [6, 6.07) is 0. The molecule has 2 aliphatic heterocycles. The molecule has 2 aliphatic rings. The molecule has 1 unspecified atom stereocenters. The van der Waals surface area contributed by atoms with E-state index < -0.39 is 11.7 Å². The van der Waals surface area contributed by atoms with E-state index in [1.54, 1.807) is 13.8 Å². The first-order valence-corrected chi connectivity index (χ1v) is 5.46. The van der Waals surface area contributed by atoms with Gasteiger partial charge in [0, 0.05) is 6.42 Å². The van der Waals surface area contributed by atoms with Crippen LogP contribution in [-0.4, -0.2) is 35.0 Å². The number of hydrogen-bond donors (Lipinski definition) is 1. The van der Waals surface area contributed by atoms with E-state index in [9.17, 15) is 9.90 Å². The van der Waals surface area contributed by atoms with Gasteiger partial charge in [0.15, 0.2) is 0 Å². The maximum absolute atomic E-state index is 11.7. The number of carbonyl (C=O) groups is 1. The van der Waals surface area contributed by atoms with Crippen molar-refractivity contribution in [2.24, 2.45) is 5.92 Å². The van der Waals surface area contributed by atoms with Crippen molar-refractivity contribution in [1.82, 2.24) is 0 Å². The molecule has 2 saturated heterocycles. The van der Waals surface area contributed by atoms with E-state index in [0.29, 0.717) is 19.4 Å². The van der Waals surface area contributed by atoms with Crippen LogP contribution in [0, 0.1) is 5.92 Å². The Balaban J connectivity index is 2.20. The van der Waals surface area contributed by atoms with Crippen molar-refractivity contribution in [2.45, 2.75) is 50.9 Å². The number of aliphatic hydroxyl groups excluding tert-OH is 1. The van der Waals surface area contributed by atoms with Gasteiger partial charge in [-0.1, -0.05) is 0 Å². The maximum atomic E-state index is 11.7. The summed E-state index contributed by atoms with van der Waals surface area (Å²) in [5, 5.41) is 9.90. The van der Waals surface area contributed by atoms with E-state index in [4.69, 9.17) is 9.47 Å². The van der Waals surface area contributed by atoms with Crippen LogP contribution in [0.3, 0.4) is 0 Å². The molecule has 2 heterocycles. The minimum absolute atomic E-state index is 0.248. The van der Waals surface area contributed by atoms with Crippen LogP contribution in [-0.2, 0) is 14.3 Å². The first-order valence-electron chi connectivity index (χ1n) is 5.46. The fourth-order valence-electron chi connectivity index (χ4n) is 2.88. The fraction of sp³-hybridized carbons (Fsp3) is 0.909. The SMILES string of the molecule is CCOC(=O)C1C[C@@]2(C)C[C@H](O)[C@]1(C)O2. The molecule has 0 aliphatic carbocycles. The Labute approximate surface area is 89.6 Å². The predicted octanol–water partition coefficient (Wildman–Crippen LogP) is 0.868. The van der Waals surface area contributed by atoms with Gasteiger partial charge in [-0.2, -0.15) is 0 Å². The largest absolute Gasteiger partial charge is 0.466 e. The molecule has 0 spiro atoms. The first kappa shape index (κ1) is 10.9. The lowest BCUT2D eigenvalue weighted by Gasteiger charge is -2.31. The molecule has 2 rings (SSSR count). The normalized spacial score (nSPS) is 48.3. The Bertz CT molecular complexity index is 290. The molecule has 0 amide bonds. The Hall–Kier alpha value is -0.610. The topological polar surface area (TPSA) is 55.8 Å². The smallest absolute Gasteiger partial charge is 0.312 e. The third-order valence-corrected chi connectivity index (χ3v) is 3.65. The molecule has 4 heteroatoms. The zero-order chi connectivity index (χ0) is 11.3. The predicted molar refractivity (Wildman–Crippen MR) is 53.3 cm³/mol. The van der Waals surface area contributed by atoms with Gasteiger partial charge >= 0.3 is 5.97 Å². The third kappa shape index (κ3) is 1.47. The first-order chi connectivity index (χ1) is 6.91.